The summed E-state index contributed by atoms with van der Waals surface area (Å²) in [6.07, 6.45) is 2.42. The number of ether oxygens (including phenoxy) is 1. The molecule has 1 unspecified atom stereocenters. The Morgan fingerprint density at radius 1 is 1.50 bits per heavy atom. The van der Waals surface area contributed by atoms with Crippen LogP contribution < -0.4 is 10.1 Å². The fourth-order valence-corrected chi connectivity index (χ4v) is 2.33. The number of nitrogens with zero attached hydrogens (tertiary/aromatic N) is 3. The number of rotatable bonds is 4. The molecule has 0 amide bonds. The van der Waals surface area contributed by atoms with Gasteiger partial charge in [-0.3, -0.25) is 0 Å². The summed E-state index contributed by atoms with van der Waals surface area (Å²) in [6.45, 7) is 6.72. The van der Waals surface area contributed by atoms with Gasteiger partial charge in [0.05, 0.1) is 6.61 Å². The van der Waals surface area contributed by atoms with Crippen molar-refractivity contribution < 1.29 is 4.74 Å². The Hall–Kier alpha value is -1.36. The Bertz CT molecular complexity index is 397. The van der Waals surface area contributed by atoms with Crippen molar-refractivity contribution in [2.45, 2.75) is 32.7 Å². The molecule has 1 aromatic rings. The van der Waals surface area contributed by atoms with E-state index in [1.54, 1.807) is 0 Å². The second-order valence-electron chi connectivity index (χ2n) is 4.82. The van der Waals surface area contributed by atoms with Gasteiger partial charge < -0.3 is 15.0 Å². The lowest BCUT2D eigenvalue weighted by Crippen LogP contribution is -2.39. The molecule has 1 atom stereocenters. The number of likely N-dealkylation sites (N-methyl/N-ethyl adjacent to an activating group) is 1. The zero-order chi connectivity index (χ0) is 13.0. The number of hydrogen-bond acceptors (Lipinski definition) is 5. The number of nitrogens with one attached hydrogen (secondary N) is 1. The monoisotopic (exact) mass is 250 g/mol. The van der Waals surface area contributed by atoms with E-state index in [1.807, 2.05) is 19.9 Å². The van der Waals surface area contributed by atoms with Crippen LogP contribution in [0.2, 0.25) is 0 Å². The van der Waals surface area contributed by atoms with Crippen LogP contribution in [0.4, 0.5) is 5.82 Å². The van der Waals surface area contributed by atoms with Gasteiger partial charge in [-0.25, -0.2) is 4.98 Å². The fraction of sp³-hybridized carbons (Fsp3) is 0.692. The smallest absolute Gasteiger partial charge is 0.218 e. The molecule has 0 saturated carbocycles. The van der Waals surface area contributed by atoms with Crippen molar-refractivity contribution in [3.8, 4) is 5.88 Å². The number of aryl methyl sites for hydroxylation is 1. The third-order valence-corrected chi connectivity index (χ3v) is 3.08. The van der Waals surface area contributed by atoms with Crippen LogP contribution in [0.1, 0.15) is 25.6 Å². The van der Waals surface area contributed by atoms with Gasteiger partial charge in [0, 0.05) is 18.7 Å². The van der Waals surface area contributed by atoms with E-state index in [2.05, 4.69) is 27.2 Å². The second kappa shape index (κ2) is 6.00. The van der Waals surface area contributed by atoms with E-state index >= 15 is 0 Å². The summed E-state index contributed by atoms with van der Waals surface area (Å²) in [7, 11) is 2.16. The van der Waals surface area contributed by atoms with E-state index in [9.17, 15) is 0 Å². The largest absolute Gasteiger partial charge is 0.478 e. The van der Waals surface area contributed by atoms with Crippen LogP contribution in [0.15, 0.2) is 6.07 Å². The topological polar surface area (TPSA) is 50.3 Å². The molecule has 1 aromatic heterocycles. The molecule has 2 rings (SSSR count). The predicted molar refractivity (Wildman–Crippen MR) is 72.1 cm³/mol. The second-order valence-corrected chi connectivity index (χ2v) is 4.82. The molecule has 5 heteroatoms. The average Bonchev–Trinajstić information content (AvgIpc) is 2.28. The van der Waals surface area contributed by atoms with Crippen molar-refractivity contribution in [1.82, 2.24) is 14.9 Å². The summed E-state index contributed by atoms with van der Waals surface area (Å²) in [4.78, 5) is 11.0. The molecular weight excluding hydrogens is 228 g/mol. The van der Waals surface area contributed by atoms with Crippen LogP contribution in [-0.4, -0.2) is 47.7 Å². The minimum Gasteiger partial charge on any atom is -0.478 e. The van der Waals surface area contributed by atoms with Crippen LogP contribution in [0.25, 0.3) is 0 Å². The van der Waals surface area contributed by atoms with Gasteiger partial charge in [-0.1, -0.05) is 0 Å². The molecule has 0 radical (unpaired) electrons. The lowest BCUT2D eigenvalue weighted by atomic mass is 10.1. The Balaban J connectivity index is 2.03. The van der Waals surface area contributed by atoms with Gasteiger partial charge in [0.25, 0.3) is 0 Å². The van der Waals surface area contributed by atoms with E-state index in [-0.39, 0.29) is 0 Å². The highest BCUT2D eigenvalue weighted by Crippen LogP contribution is 2.17. The van der Waals surface area contributed by atoms with Crippen LogP contribution in [0.3, 0.4) is 0 Å². The quantitative estimate of drug-likeness (QED) is 0.881. The van der Waals surface area contributed by atoms with Gasteiger partial charge in [0.15, 0.2) is 0 Å². The zero-order valence-electron chi connectivity index (χ0n) is 11.4. The summed E-state index contributed by atoms with van der Waals surface area (Å²) >= 11 is 0. The molecule has 1 saturated heterocycles. The minimum absolute atomic E-state index is 0.465. The molecular formula is C13H22N4O. The van der Waals surface area contributed by atoms with Crippen LogP contribution in [-0.2, 0) is 0 Å². The maximum atomic E-state index is 5.44. The molecule has 100 valence electrons. The first kappa shape index (κ1) is 13.1. The molecule has 1 fully saturated rings. The maximum absolute atomic E-state index is 5.44. The summed E-state index contributed by atoms with van der Waals surface area (Å²) in [5.41, 5.74) is 0. The van der Waals surface area contributed by atoms with E-state index in [1.165, 1.54) is 19.4 Å². The van der Waals surface area contributed by atoms with Gasteiger partial charge in [-0.05, 0) is 40.3 Å². The summed E-state index contributed by atoms with van der Waals surface area (Å²) in [6, 6.07) is 2.35. The van der Waals surface area contributed by atoms with Gasteiger partial charge in [0.1, 0.15) is 11.6 Å². The Labute approximate surface area is 109 Å². The maximum Gasteiger partial charge on any atom is 0.218 e. The third-order valence-electron chi connectivity index (χ3n) is 3.08. The lowest BCUT2D eigenvalue weighted by molar-refractivity contribution is 0.260. The van der Waals surface area contributed by atoms with Crippen molar-refractivity contribution in [2.75, 3.05) is 32.1 Å². The van der Waals surface area contributed by atoms with Crippen molar-refractivity contribution in [3.05, 3.63) is 11.9 Å². The van der Waals surface area contributed by atoms with Crippen molar-refractivity contribution in [3.63, 3.8) is 0 Å². The van der Waals surface area contributed by atoms with Crippen LogP contribution >= 0.6 is 0 Å². The normalized spacial score (nSPS) is 20.7. The van der Waals surface area contributed by atoms with E-state index in [4.69, 9.17) is 4.74 Å². The van der Waals surface area contributed by atoms with Crippen molar-refractivity contribution in [1.29, 1.82) is 0 Å². The highest BCUT2D eigenvalue weighted by molar-refractivity contribution is 5.39. The third kappa shape index (κ3) is 3.57. The van der Waals surface area contributed by atoms with Gasteiger partial charge in [-0.15, -0.1) is 0 Å². The highest BCUT2D eigenvalue weighted by atomic mass is 16.5. The molecule has 0 aliphatic carbocycles. The van der Waals surface area contributed by atoms with E-state index in [0.717, 1.165) is 18.2 Å². The lowest BCUT2D eigenvalue weighted by Gasteiger charge is -2.30. The Morgan fingerprint density at radius 3 is 3.06 bits per heavy atom. The first-order valence-electron chi connectivity index (χ1n) is 6.61. The number of aromatic nitrogens is 2. The van der Waals surface area contributed by atoms with Gasteiger partial charge in [0.2, 0.25) is 5.88 Å². The standard InChI is InChI=1S/C13H22N4O/c1-4-18-13-8-12(14-10(2)15-13)16-11-6-5-7-17(3)9-11/h8,11H,4-7,9H2,1-3H3,(H,14,15,16). The number of anilines is 1. The molecule has 1 aliphatic heterocycles. The predicted octanol–water partition coefficient (Wildman–Crippen LogP) is 1.69. The zero-order valence-corrected chi connectivity index (χ0v) is 11.4. The highest BCUT2D eigenvalue weighted by Gasteiger charge is 2.17. The number of hydrogen-bond donors (Lipinski definition) is 1. The SMILES string of the molecule is CCOc1cc(NC2CCCN(C)C2)nc(C)n1. The molecule has 2 heterocycles. The molecule has 18 heavy (non-hydrogen) atoms. The molecule has 0 bridgehead atoms. The van der Waals surface area contributed by atoms with Crippen molar-refractivity contribution in [2.24, 2.45) is 0 Å². The van der Waals surface area contributed by atoms with E-state index < -0.39 is 0 Å². The molecule has 1 aliphatic rings. The van der Waals surface area contributed by atoms with Crippen molar-refractivity contribution >= 4 is 5.82 Å². The molecule has 0 aromatic carbocycles. The summed E-state index contributed by atoms with van der Waals surface area (Å²) in [5.74, 6) is 2.26. The molecule has 1 N–H and O–H groups in total. The number of likely N-dealkylation sites (tertiary alicyclic amines) is 1. The minimum atomic E-state index is 0.465. The van der Waals surface area contributed by atoms with Crippen LogP contribution in [0, 0.1) is 6.92 Å². The summed E-state index contributed by atoms with van der Waals surface area (Å²) in [5, 5.41) is 3.48. The Kier molecular flexibility index (Phi) is 4.36. The first-order valence-corrected chi connectivity index (χ1v) is 6.61. The average molecular weight is 250 g/mol. The molecule has 0 spiro atoms. The molecule has 5 nitrogen and oxygen atoms in total. The van der Waals surface area contributed by atoms with Gasteiger partial charge in [-0.2, -0.15) is 4.98 Å². The van der Waals surface area contributed by atoms with E-state index in [0.29, 0.717) is 18.5 Å². The van der Waals surface area contributed by atoms with Gasteiger partial charge >= 0.3 is 0 Å². The fourth-order valence-electron chi connectivity index (χ4n) is 2.33. The number of piperidine rings is 1. The Morgan fingerprint density at radius 2 is 2.33 bits per heavy atom. The van der Waals surface area contributed by atoms with Crippen LogP contribution in [0.5, 0.6) is 5.88 Å². The summed E-state index contributed by atoms with van der Waals surface area (Å²) < 4.78 is 5.44. The first-order chi connectivity index (χ1) is 8.67.